The van der Waals surface area contributed by atoms with Crippen molar-refractivity contribution in [2.24, 2.45) is 0 Å². The Morgan fingerprint density at radius 3 is 2.56 bits per heavy atom. The van der Waals surface area contributed by atoms with Gasteiger partial charge in [-0.3, -0.25) is 19.7 Å². The van der Waals surface area contributed by atoms with Gasteiger partial charge in [0.25, 0.3) is 11.6 Å². The van der Waals surface area contributed by atoms with Crippen molar-refractivity contribution in [1.82, 2.24) is 15.1 Å². The molecule has 0 fully saturated rings. The van der Waals surface area contributed by atoms with Gasteiger partial charge in [0.2, 0.25) is 11.0 Å². The van der Waals surface area contributed by atoms with Crippen LogP contribution in [0.1, 0.15) is 42.6 Å². The zero-order chi connectivity index (χ0) is 24.8. The number of aryl methyl sites for hydroxylation is 1. The van der Waals surface area contributed by atoms with Crippen molar-refractivity contribution < 1.29 is 14.5 Å². The molecule has 1 heterocycles. The number of nitro groups is 1. The van der Waals surface area contributed by atoms with Gasteiger partial charge < -0.3 is 10.2 Å². The maximum absolute atomic E-state index is 13.1. The van der Waals surface area contributed by atoms with Crippen LogP contribution in [-0.4, -0.2) is 44.4 Å². The molecule has 0 aliphatic carbocycles. The fourth-order valence-corrected chi connectivity index (χ4v) is 4.13. The molecule has 0 saturated heterocycles. The van der Waals surface area contributed by atoms with E-state index < -0.39 is 4.92 Å². The highest BCUT2D eigenvalue weighted by molar-refractivity contribution is 7.18. The highest BCUT2D eigenvalue weighted by Gasteiger charge is 2.24. The first-order valence-corrected chi connectivity index (χ1v) is 11.8. The molecule has 0 bridgehead atoms. The normalized spacial score (nSPS) is 11.6. The zero-order valence-electron chi connectivity index (χ0n) is 18.9. The lowest BCUT2D eigenvalue weighted by molar-refractivity contribution is -0.385. The molecule has 34 heavy (non-hydrogen) atoms. The lowest BCUT2D eigenvalue weighted by Crippen LogP contribution is -2.40. The van der Waals surface area contributed by atoms with Crippen molar-refractivity contribution in [3.8, 4) is 10.6 Å². The van der Waals surface area contributed by atoms with E-state index >= 15 is 0 Å². The molecule has 1 aromatic heterocycles. The first kappa shape index (κ1) is 25.3. The largest absolute Gasteiger partial charge is 0.335 e. The Hall–Kier alpha value is -3.37. The molecule has 0 unspecified atom stereocenters. The Morgan fingerprint density at radius 1 is 1.21 bits per heavy atom. The highest BCUT2D eigenvalue weighted by atomic mass is 35.5. The monoisotopic (exact) mass is 501 g/mol. The Labute approximate surface area is 205 Å². The number of nitrogens with zero attached hydrogens (tertiary/aromatic N) is 4. The van der Waals surface area contributed by atoms with Crippen molar-refractivity contribution >= 4 is 45.6 Å². The summed E-state index contributed by atoms with van der Waals surface area (Å²) in [7, 11) is 0. The maximum Gasteiger partial charge on any atom is 0.273 e. The number of carbonyl (C=O) groups is 2. The number of halogens is 1. The van der Waals surface area contributed by atoms with Gasteiger partial charge in [-0.05, 0) is 38.5 Å². The Bertz CT molecular complexity index is 1200. The van der Waals surface area contributed by atoms with Crippen molar-refractivity contribution in [1.29, 1.82) is 0 Å². The summed E-state index contributed by atoms with van der Waals surface area (Å²) in [6, 6.07) is 11.4. The fourth-order valence-electron chi connectivity index (χ4n) is 3.23. The lowest BCUT2D eigenvalue weighted by Gasteiger charge is -2.28. The van der Waals surface area contributed by atoms with Gasteiger partial charge in [-0.15, -0.1) is 10.2 Å². The van der Waals surface area contributed by atoms with E-state index in [1.807, 2.05) is 26.0 Å². The van der Waals surface area contributed by atoms with E-state index in [-0.39, 0.29) is 42.1 Å². The molecule has 9 nitrogen and oxygen atoms in total. The summed E-state index contributed by atoms with van der Waals surface area (Å²) in [6.45, 7) is 5.59. The molecule has 1 N–H and O–H groups in total. The second-order valence-corrected chi connectivity index (χ2v) is 9.15. The second kappa shape index (κ2) is 11.2. The van der Waals surface area contributed by atoms with Crippen LogP contribution in [0.3, 0.4) is 0 Å². The summed E-state index contributed by atoms with van der Waals surface area (Å²) < 4.78 is 0. The number of hydrogen-bond acceptors (Lipinski definition) is 7. The summed E-state index contributed by atoms with van der Waals surface area (Å²) in [5, 5.41) is 23.7. The third-order valence-corrected chi connectivity index (χ3v) is 6.52. The number of hydrogen-bond donors (Lipinski definition) is 1. The van der Waals surface area contributed by atoms with Crippen molar-refractivity contribution in [2.45, 2.75) is 39.7 Å². The third-order valence-electron chi connectivity index (χ3n) is 5.38. The second-order valence-electron chi connectivity index (χ2n) is 7.73. The summed E-state index contributed by atoms with van der Waals surface area (Å²) in [6.07, 6.45) is 0.710. The van der Waals surface area contributed by atoms with Crippen molar-refractivity contribution in [3.05, 3.63) is 68.7 Å². The van der Waals surface area contributed by atoms with E-state index in [4.69, 9.17) is 11.6 Å². The maximum atomic E-state index is 13.1. The SMILES string of the molecule is CC[C@@H](C)N(CCC(=O)Nc1nnc(-c2ccc(Cl)cc2)s1)C(=O)c1ccc(C)c([N+](=O)[O-])c1. The van der Waals surface area contributed by atoms with E-state index in [1.54, 1.807) is 36.1 Å². The Morgan fingerprint density at radius 2 is 1.91 bits per heavy atom. The lowest BCUT2D eigenvalue weighted by atomic mass is 10.1. The van der Waals surface area contributed by atoms with Crippen LogP contribution in [0.15, 0.2) is 42.5 Å². The quantitative estimate of drug-likeness (QED) is 0.312. The van der Waals surface area contributed by atoms with Gasteiger partial charge >= 0.3 is 0 Å². The summed E-state index contributed by atoms with van der Waals surface area (Å²) in [5.74, 6) is -0.666. The number of anilines is 1. The van der Waals surface area contributed by atoms with Crippen LogP contribution in [0.4, 0.5) is 10.8 Å². The van der Waals surface area contributed by atoms with Crippen LogP contribution in [0.2, 0.25) is 5.02 Å². The minimum atomic E-state index is -0.506. The van der Waals surface area contributed by atoms with E-state index in [9.17, 15) is 19.7 Å². The number of benzene rings is 2. The first-order chi connectivity index (χ1) is 16.2. The van der Waals surface area contributed by atoms with Crippen LogP contribution >= 0.6 is 22.9 Å². The molecule has 0 saturated carbocycles. The average molecular weight is 502 g/mol. The molecular formula is C23H24ClN5O4S. The molecule has 0 aliphatic heterocycles. The predicted molar refractivity (Wildman–Crippen MR) is 132 cm³/mol. The number of nitrogens with one attached hydrogen (secondary N) is 1. The van der Waals surface area contributed by atoms with E-state index in [0.29, 0.717) is 27.1 Å². The van der Waals surface area contributed by atoms with E-state index in [1.165, 1.54) is 17.4 Å². The van der Waals surface area contributed by atoms with Crippen LogP contribution in [-0.2, 0) is 4.79 Å². The fraction of sp³-hybridized carbons (Fsp3) is 0.304. The van der Waals surface area contributed by atoms with Gasteiger partial charge in [0, 0.05) is 46.8 Å². The standard InChI is InChI=1S/C23H24ClN5O4S/c1-4-15(3)28(22(31)17-6-5-14(2)19(13-17)29(32)33)12-11-20(30)25-23-27-26-21(34-23)16-7-9-18(24)10-8-16/h5-10,13,15H,4,11-12H2,1-3H3,(H,25,27,30)/t15-/m1/s1. The summed E-state index contributed by atoms with van der Waals surface area (Å²) in [4.78, 5) is 38.0. The molecule has 178 valence electrons. The van der Waals surface area contributed by atoms with Gasteiger partial charge in [-0.25, -0.2) is 0 Å². The number of rotatable bonds is 9. The van der Waals surface area contributed by atoms with Crippen LogP contribution in [0.25, 0.3) is 10.6 Å². The van der Waals surface area contributed by atoms with Crippen LogP contribution in [0, 0.1) is 17.0 Å². The van der Waals surface area contributed by atoms with Crippen molar-refractivity contribution in [2.75, 3.05) is 11.9 Å². The Balaban J connectivity index is 1.67. The smallest absolute Gasteiger partial charge is 0.273 e. The topological polar surface area (TPSA) is 118 Å². The average Bonchev–Trinajstić information content (AvgIpc) is 3.27. The third kappa shape index (κ3) is 6.15. The van der Waals surface area contributed by atoms with Gasteiger partial charge in [0.1, 0.15) is 5.01 Å². The molecule has 2 amide bonds. The molecular weight excluding hydrogens is 478 g/mol. The van der Waals surface area contributed by atoms with Gasteiger partial charge in [0.15, 0.2) is 0 Å². The minimum Gasteiger partial charge on any atom is -0.335 e. The molecule has 1 atom stereocenters. The van der Waals surface area contributed by atoms with E-state index in [0.717, 1.165) is 5.56 Å². The summed E-state index contributed by atoms with van der Waals surface area (Å²) in [5.41, 5.74) is 1.42. The first-order valence-electron chi connectivity index (χ1n) is 10.6. The molecule has 2 aromatic carbocycles. The molecule has 0 radical (unpaired) electrons. The summed E-state index contributed by atoms with van der Waals surface area (Å²) >= 11 is 7.14. The predicted octanol–water partition coefficient (Wildman–Crippen LogP) is 5.34. The number of nitro benzene ring substituents is 1. The minimum absolute atomic E-state index is 0.0416. The number of carbonyl (C=O) groups excluding carboxylic acids is 2. The van der Waals surface area contributed by atoms with Crippen LogP contribution < -0.4 is 5.32 Å². The molecule has 3 aromatic rings. The Kier molecular flexibility index (Phi) is 8.30. The highest BCUT2D eigenvalue weighted by Crippen LogP contribution is 2.27. The molecule has 11 heteroatoms. The van der Waals surface area contributed by atoms with Crippen molar-refractivity contribution in [3.63, 3.8) is 0 Å². The van der Waals surface area contributed by atoms with Gasteiger partial charge in [-0.1, -0.05) is 48.1 Å². The number of aromatic nitrogens is 2. The van der Waals surface area contributed by atoms with E-state index in [2.05, 4.69) is 15.5 Å². The zero-order valence-corrected chi connectivity index (χ0v) is 20.5. The van der Waals surface area contributed by atoms with Gasteiger partial charge in [0.05, 0.1) is 4.92 Å². The molecule has 0 aliphatic rings. The number of amides is 2. The molecule has 0 spiro atoms. The van der Waals surface area contributed by atoms with Gasteiger partial charge in [-0.2, -0.15) is 0 Å². The molecule has 3 rings (SSSR count). The van der Waals surface area contributed by atoms with Crippen LogP contribution in [0.5, 0.6) is 0 Å².